The fraction of sp³-hybridized carbons (Fsp3) is 0.562. The predicted octanol–water partition coefficient (Wildman–Crippen LogP) is 2.05. The van der Waals surface area contributed by atoms with E-state index in [-0.39, 0.29) is 5.91 Å². The Morgan fingerprint density at radius 2 is 1.95 bits per heavy atom. The van der Waals surface area contributed by atoms with Crippen LogP contribution in [0.25, 0.3) is 0 Å². The Hall–Kier alpha value is -1.75. The lowest BCUT2D eigenvalue weighted by Gasteiger charge is -2.29. The molecular weight excluding hydrogens is 268 g/mol. The number of ether oxygens (including phenoxy) is 2. The minimum atomic E-state index is -0.812. The number of para-hydroxylation sites is 2. The Kier molecular flexibility index (Phi) is 6.49. The molecule has 0 saturated carbocycles. The van der Waals surface area contributed by atoms with Gasteiger partial charge in [0.15, 0.2) is 11.5 Å². The Labute approximate surface area is 127 Å². The molecule has 1 aromatic rings. The Bertz CT molecular complexity index is 461. The van der Waals surface area contributed by atoms with Gasteiger partial charge in [-0.1, -0.05) is 25.5 Å². The lowest BCUT2D eigenvalue weighted by Crippen LogP contribution is -2.52. The Morgan fingerprint density at radius 1 is 1.33 bits per heavy atom. The quantitative estimate of drug-likeness (QED) is 0.797. The SMILES string of the molecule is CCCC(C)(N)C(=O)N(C)CCOc1ccccc1OC. The van der Waals surface area contributed by atoms with Gasteiger partial charge in [0.2, 0.25) is 5.91 Å². The molecule has 1 amide bonds. The van der Waals surface area contributed by atoms with E-state index in [4.69, 9.17) is 15.2 Å². The van der Waals surface area contributed by atoms with E-state index in [0.29, 0.717) is 31.1 Å². The molecule has 1 unspecified atom stereocenters. The number of carbonyl (C=O) groups is 1. The summed E-state index contributed by atoms with van der Waals surface area (Å²) in [7, 11) is 3.34. The van der Waals surface area contributed by atoms with E-state index < -0.39 is 5.54 Å². The van der Waals surface area contributed by atoms with Crippen molar-refractivity contribution in [1.29, 1.82) is 0 Å². The third-order valence-electron chi connectivity index (χ3n) is 3.36. The third kappa shape index (κ3) is 4.93. The second kappa shape index (κ2) is 7.88. The highest BCUT2D eigenvalue weighted by Crippen LogP contribution is 2.25. The smallest absolute Gasteiger partial charge is 0.242 e. The highest BCUT2D eigenvalue weighted by molar-refractivity contribution is 5.85. The molecular formula is C16H26N2O3. The van der Waals surface area contributed by atoms with Crippen LogP contribution in [0.15, 0.2) is 24.3 Å². The second-order valence-corrected chi connectivity index (χ2v) is 5.39. The first-order chi connectivity index (χ1) is 9.92. The fourth-order valence-corrected chi connectivity index (χ4v) is 2.19. The van der Waals surface area contributed by atoms with Crippen LogP contribution in [0.2, 0.25) is 0 Å². The summed E-state index contributed by atoms with van der Waals surface area (Å²) >= 11 is 0. The van der Waals surface area contributed by atoms with Gasteiger partial charge in [-0.25, -0.2) is 0 Å². The van der Waals surface area contributed by atoms with Crippen molar-refractivity contribution in [3.05, 3.63) is 24.3 Å². The normalized spacial score (nSPS) is 13.4. The van der Waals surface area contributed by atoms with Crippen molar-refractivity contribution in [2.45, 2.75) is 32.2 Å². The number of carbonyl (C=O) groups excluding carboxylic acids is 1. The maximum Gasteiger partial charge on any atom is 0.242 e. The number of likely N-dealkylation sites (N-methyl/N-ethyl adjacent to an activating group) is 1. The molecule has 2 N–H and O–H groups in total. The van der Waals surface area contributed by atoms with Gasteiger partial charge in [0, 0.05) is 7.05 Å². The van der Waals surface area contributed by atoms with Crippen molar-refractivity contribution in [3.8, 4) is 11.5 Å². The van der Waals surface area contributed by atoms with Gasteiger partial charge >= 0.3 is 0 Å². The average molecular weight is 294 g/mol. The summed E-state index contributed by atoms with van der Waals surface area (Å²) < 4.78 is 10.9. The number of hydrogen-bond donors (Lipinski definition) is 1. The van der Waals surface area contributed by atoms with Crippen LogP contribution in [-0.4, -0.2) is 43.7 Å². The predicted molar refractivity (Wildman–Crippen MR) is 83.6 cm³/mol. The summed E-state index contributed by atoms with van der Waals surface area (Å²) in [6.45, 7) is 4.66. The summed E-state index contributed by atoms with van der Waals surface area (Å²) in [5.74, 6) is 1.29. The van der Waals surface area contributed by atoms with Crippen LogP contribution in [0.1, 0.15) is 26.7 Å². The van der Waals surface area contributed by atoms with Crippen LogP contribution in [0, 0.1) is 0 Å². The van der Waals surface area contributed by atoms with Gasteiger partial charge in [-0.05, 0) is 25.5 Å². The maximum absolute atomic E-state index is 12.2. The second-order valence-electron chi connectivity index (χ2n) is 5.39. The summed E-state index contributed by atoms with van der Waals surface area (Å²) in [5.41, 5.74) is 5.24. The van der Waals surface area contributed by atoms with E-state index in [1.807, 2.05) is 31.2 Å². The van der Waals surface area contributed by atoms with Gasteiger partial charge in [0.1, 0.15) is 6.61 Å². The number of benzene rings is 1. The largest absolute Gasteiger partial charge is 0.493 e. The van der Waals surface area contributed by atoms with Crippen LogP contribution in [0.5, 0.6) is 11.5 Å². The average Bonchev–Trinajstić information content (AvgIpc) is 2.46. The molecule has 0 aliphatic rings. The lowest BCUT2D eigenvalue weighted by atomic mass is 9.96. The molecule has 0 aliphatic heterocycles. The van der Waals surface area contributed by atoms with Gasteiger partial charge in [0.25, 0.3) is 0 Å². The Balaban J connectivity index is 2.50. The van der Waals surface area contributed by atoms with Crippen LogP contribution in [-0.2, 0) is 4.79 Å². The minimum Gasteiger partial charge on any atom is -0.493 e. The van der Waals surface area contributed by atoms with Gasteiger partial charge in [0.05, 0.1) is 19.2 Å². The number of nitrogens with two attached hydrogens (primary N) is 1. The molecule has 1 rings (SSSR count). The van der Waals surface area contributed by atoms with E-state index in [1.54, 1.807) is 26.0 Å². The first-order valence-corrected chi connectivity index (χ1v) is 7.22. The molecule has 1 aromatic carbocycles. The molecule has 0 spiro atoms. The molecule has 0 bridgehead atoms. The Morgan fingerprint density at radius 3 is 2.52 bits per heavy atom. The fourth-order valence-electron chi connectivity index (χ4n) is 2.19. The molecule has 0 radical (unpaired) electrons. The zero-order valence-electron chi connectivity index (χ0n) is 13.4. The van der Waals surface area contributed by atoms with Crippen LogP contribution in [0.4, 0.5) is 0 Å². The van der Waals surface area contributed by atoms with Crippen molar-refractivity contribution in [3.63, 3.8) is 0 Å². The number of methoxy groups -OCH3 is 1. The molecule has 0 heterocycles. The van der Waals surface area contributed by atoms with Crippen molar-refractivity contribution >= 4 is 5.91 Å². The van der Waals surface area contributed by atoms with Crippen molar-refractivity contribution < 1.29 is 14.3 Å². The molecule has 0 fully saturated rings. The number of rotatable bonds is 8. The number of nitrogens with zero attached hydrogens (tertiary/aromatic N) is 1. The maximum atomic E-state index is 12.2. The van der Waals surface area contributed by atoms with E-state index in [0.717, 1.165) is 6.42 Å². The van der Waals surface area contributed by atoms with Gasteiger partial charge < -0.3 is 20.1 Å². The summed E-state index contributed by atoms with van der Waals surface area (Å²) in [4.78, 5) is 13.9. The summed E-state index contributed by atoms with van der Waals surface area (Å²) in [5, 5.41) is 0. The van der Waals surface area contributed by atoms with E-state index in [1.165, 1.54) is 0 Å². The zero-order chi connectivity index (χ0) is 15.9. The molecule has 21 heavy (non-hydrogen) atoms. The molecule has 1 atom stereocenters. The molecule has 0 aromatic heterocycles. The summed E-state index contributed by atoms with van der Waals surface area (Å²) in [6, 6.07) is 7.43. The highest BCUT2D eigenvalue weighted by Gasteiger charge is 2.29. The van der Waals surface area contributed by atoms with E-state index in [9.17, 15) is 4.79 Å². The number of amides is 1. The monoisotopic (exact) mass is 294 g/mol. The molecule has 5 heteroatoms. The molecule has 0 saturated heterocycles. The van der Waals surface area contributed by atoms with Crippen molar-refractivity contribution in [2.75, 3.05) is 27.3 Å². The topological polar surface area (TPSA) is 64.8 Å². The van der Waals surface area contributed by atoms with Gasteiger partial charge in [-0.2, -0.15) is 0 Å². The van der Waals surface area contributed by atoms with E-state index >= 15 is 0 Å². The molecule has 0 aliphatic carbocycles. The first-order valence-electron chi connectivity index (χ1n) is 7.22. The third-order valence-corrected chi connectivity index (χ3v) is 3.36. The summed E-state index contributed by atoms with van der Waals surface area (Å²) in [6.07, 6.45) is 1.55. The van der Waals surface area contributed by atoms with Crippen LogP contribution >= 0.6 is 0 Å². The first kappa shape index (κ1) is 17.3. The highest BCUT2D eigenvalue weighted by atomic mass is 16.5. The standard InChI is InChI=1S/C16H26N2O3/c1-5-10-16(2,17)15(19)18(3)11-12-21-14-9-7-6-8-13(14)20-4/h6-9H,5,10-12,17H2,1-4H3. The number of hydrogen-bond acceptors (Lipinski definition) is 4. The van der Waals surface area contributed by atoms with Crippen molar-refractivity contribution in [1.82, 2.24) is 4.90 Å². The van der Waals surface area contributed by atoms with Crippen molar-refractivity contribution in [2.24, 2.45) is 5.73 Å². The van der Waals surface area contributed by atoms with Gasteiger partial charge in [-0.3, -0.25) is 4.79 Å². The van der Waals surface area contributed by atoms with E-state index in [2.05, 4.69) is 0 Å². The van der Waals surface area contributed by atoms with Crippen LogP contribution in [0.3, 0.4) is 0 Å². The lowest BCUT2D eigenvalue weighted by molar-refractivity contribution is -0.135. The van der Waals surface area contributed by atoms with Gasteiger partial charge in [-0.15, -0.1) is 0 Å². The minimum absolute atomic E-state index is 0.0621. The molecule has 118 valence electrons. The van der Waals surface area contributed by atoms with Crippen LogP contribution < -0.4 is 15.2 Å². The molecule has 5 nitrogen and oxygen atoms in total. The zero-order valence-corrected chi connectivity index (χ0v) is 13.4.